The highest BCUT2D eigenvalue weighted by Crippen LogP contribution is 2.21. The van der Waals surface area contributed by atoms with E-state index in [-0.39, 0.29) is 0 Å². The van der Waals surface area contributed by atoms with Crippen molar-refractivity contribution in [3.8, 4) is 11.3 Å². The molecule has 0 aliphatic heterocycles. The van der Waals surface area contributed by atoms with E-state index in [4.69, 9.17) is 0 Å². The Morgan fingerprint density at radius 1 is 0.913 bits per heavy atom. The smallest absolute Gasteiger partial charge is 0.224 e. The summed E-state index contributed by atoms with van der Waals surface area (Å²) in [7, 11) is 1.83. The van der Waals surface area contributed by atoms with Crippen molar-refractivity contribution in [2.24, 2.45) is 0 Å². The van der Waals surface area contributed by atoms with Crippen LogP contribution in [-0.2, 0) is 6.54 Å². The van der Waals surface area contributed by atoms with Gasteiger partial charge in [-0.3, -0.25) is 0 Å². The molecular weight excluding hydrogens is 284 g/mol. The highest BCUT2D eigenvalue weighted by Gasteiger charge is 2.06. The molecule has 0 aliphatic carbocycles. The summed E-state index contributed by atoms with van der Waals surface area (Å²) in [5, 5.41) is 6.40. The monoisotopic (exact) mass is 304 g/mol. The lowest BCUT2D eigenvalue weighted by Gasteiger charge is -2.10. The van der Waals surface area contributed by atoms with E-state index in [1.807, 2.05) is 43.4 Å². The minimum atomic E-state index is 0.609. The fourth-order valence-electron chi connectivity index (χ4n) is 2.42. The predicted molar refractivity (Wildman–Crippen MR) is 95.5 cm³/mol. The van der Waals surface area contributed by atoms with E-state index in [0.717, 1.165) is 23.6 Å². The SMILES string of the molecule is CNc1nc(NCc2cccc(C)c2)cc(-c2ccccc2)n1. The summed E-state index contributed by atoms with van der Waals surface area (Å²) in [5.41, 5.74) is 4.46. The van der Waals surface area contributed by atoms with Crippen LogP contribution in [0.15, 0.2) is 60.7 Å². The molecule has 23 heavy (non-hydrogen) atoms. The lowest BCUT2D eigenvalue weighted by molar-refractivity contribution is 1.08. The van der Waals surface area contributed by atoms with Crippen molar-refractivity contribution in [1.82, 2.24) is 9.97 Å². The number of rotatable bonds is 5. The largest absolute Gasteiger partial charge is 0.366 e. The lowest BCUT2D eigenvalue weighted by atomic mass is 10.1. The second-order valence-electron chi connectivity index (χ2n) is 5.42. The Morgan fingerprint density at radius 2 is 1.74 bits per heavy atom. The first-order valence-electron chi connectivity index (χ1n) is 7.66. The molecule has 0 amide bonds. The summed E-state index contributed by atoms with van der Waals surface area (Å²) in [6.45, 7) is 2.83. The number of nitrogens with zero attached hydrogens (tertiary/aromatic N) is 2. The normalized spacial score (nSPS) is 10.3. The van der Waals surface area contributed by atoms with Gasteiger partial charge in [-0.2, -0.15) is 4.98 Å². The van der Waals surface area contributed by atoms with Gasteiger partial charge in [0.1, 0.15) is 5.82 Å². The summed E-state index contributed by atoms with van der Waals surface area (Å²) in [6, 6.07) is 20.5. The van der Waals surface area contributed by atoms with Crippen LogP contribution >= 0.6 is 0 Å². The number of aryl methyl sites for hydroxylation is 1. The number of nitrogens with one attached hydrogen (secondary N) is 2. The second kappa shape index (κ2) is 6.92. The summed E-state index contributed by atoms with van der Waals surface area (Å²) >= 11 is 0. The summed E-state index contributed by atoms with van der Waals surface area (Å²) in [6.07, 6.45) is 0. The highest BCUT2D eigenvalue weighted by molar-refractivity contribution is 5.64. The molecule has 1 heterocycles. The number of hydrogen-bond acceptors (Lipinski definition) is 4. The molecule has 0 unspecified atom stereocenters. The molecule has 4 heteroatoms. The van der Waals surface area contributed by atoms with E-state index < -0.39 is 0 Å². The van der Waals surface area contributed by atoms with Crippen molar-refractivity contribution in [2.75, 3.05) is 17.7 Å². The predicted octanol–water partition coefficient (Wildman–Crippen LogP) is 4.11. The first kappa shape index (κ1) is 15.0. The molecule has 0 spiro atoms. The molecule has 0 fully saturated rings. The lowest BCUT2D eigenvalue weighted by Crippen LogP contribution is -2.05. The Morgan fingerprint density at radius 3 is 2.48 bits per heavy atom. The van der Waals surface area contributed by atoms with Gasteiger partial charge in [0, 0.05) is 25.2 Å². The van der Waals surface area contributed by atoms with E-state index >= 15 is 0 Å². The molecule has 4 nitrogen and oxygen atoms in total. The first-order valence-corrected chi connectivity index (χ1v) is 7.66. The maximum Gasteiger partial charge on any atom is 0.224 e. The number of anilines is 2. The standard InChI is InChI=1S/C19H20N4/c1-14-7-6-8-15(11-14)13-21-18-12-17(22-19(20-2)23-18)16-9-4-3-5-10-16/h3-12H,13H2,1-2H3,(H2,20,21,22,23). The summed E-state index contributed by atoms with van der Waals surface area (Å²) < 4.78 is 0. The van der Waals surface area contributed by atoms with E-state index in [0.29, 0.717) is 5.95 Å². The molecule has 0 bridgehead atoms. The fourth-order valence-corrected chi connectivity index (χ4v) is 2.42. The van der Waals surface area contributed by atoms with E-state index in [1.54, 1.807) is 0 Å². The Bertz CT molecular complexity index is 784. The molecule has 2 N–H and O–H groups in total. The van der Waals surface area contributed by atoms with E-state index in [9.17, 15) is 0 Å². The Labute approximate surface area is 136 Å². The third-order valence-corrected chi connectivity index (χ3v) is 3.58. The zero-order chi connectivity index (χ0) is 16.1. The van der Waals surface area contributed by atoms with Crippen molar-refractivity contribution in [3.63, 3.8) is 0 Å². The molecule has 2 aromatic carbocycles. The van der Waals surface area contributed by atoms with Gasteiger partial charge in [0.15, 0.2) is 0 Å². The minimum absolute atomic E-state index is 0.609. The number of benzene rings is 2. The molecule has 3 rings (SSSR count). The van der Waals surface area contributed by atoms with Crippen molar-refractivity contribution >= 4 is 11.8 Å². The second-order valence-corrected chi connectivity index (χ2v) is 5.42. The summed E-state index contributed by atoms with van der Waals surface area (Å²) in [4.78, 5) is 9.01. The average Bonchev–Trinajstić information content (AvgIpc) is 2.60. The van der Waals surface area contributed by atoms with Crippen LogP contribution in [0.5, 0.6) is 0 Å². The van der Waals surface area contributed by atoms with Gasteiger partial charge in [0.25, 0.3) is 0 Å². The molecule has 0 aliphatic rings. The third kappa shape index (κ3) is 3.86. The van der Waals surface area contributed by atoms with Crippen molar-refractivity contribution in [3.05, 3.63) is 71.8 Å². The van der Waals surface area contributed by atoms with Gasteiger partial charge in [0.05, 0.1) is 5.69 Å². The van der Waals surface area contributed by atoms with Crippen LogP contribution in [0.1, 0.15) is 11.1 Å². The van der Waals surface area contributed by atoms with Gasteiger partial charge in [-0.15, -0.1) is 0 Å². The molecule has 1 aromatic heterocycles. The zero-order valence-electron chi connectivity index (χ0n) is 13.4. The Hall–Kier alpha value is -2.88. The molecule has 0 saturated carbocycles. The van der Waals surface area contributed by atoms with Crippen molar-refractivity contribution in [1.29, 1.82) is 0 Å². The molecule has 0 radical (unpaired) electrons. The van der Waals surface area contributed by atoms with Crippen LogP contribution < -0.4 is 10.6 Å². The molecule has 0 atom stereocenters. The quantitative estimate of drug-likeness (QED) is 0.745. The highest BCUT2D eigenvalue weighted by atomic mass is 15.1. The first-order chi connectivity index (χ1) is 11.2. The maximum absolute atomic E-state index is 4.53. The van der Waals surface area contributed by atoms with Gasteiger partial charge in [-0.25, -0.2) is 4.98 Å². The van der Waals surface area contributed by atoms with Crippen LogP contribution in [0, 0.1) is 6.92 Å². The molecular formula is C19H20N4. The van der Waals surface area contributed by atoms with Gasteiger partial charge < -0.3 is 10.6 Å². The maximum atomic E-state index is 4.53. The molecule has 116 valence electrons. The minimum Gasteiger partial charge on any atom is -0.366 e. The van der Waals surface area contributed by atoms with Crippen LogP contribution in [-0.4, -0.2) is 17.0 Å². The van der Waals surface area contributed by atoms with Crippen LogP contribution in [0.4, 0.5) is 11.8 Å². The van der Waals surface area contributed by atoms with Gasteiger partial charge in [0.2, 0.25) is 5.95 Å². The molecule has 0 saturated heterocycles. The third-order valence-electron chi connectivity index (χ3n) is 3.58. The average molecular weight is 304 g/mol. The van der Waals surface area contributed by atoms with Crippen LogP contribution in [0.3, 0.4) is 0 Å². The van der Waals surface area contributed by atoms with Gasteiger partial charge in [-0.1, -0.05) is 60.2 Å². The van der Waals surface area contributed by atoms with Crippen molar-refractivity contribution in [2.45, 2.75) is 13.5 Å². The van der Waals surface area contributed by atoms with E-state index in [2.05, 4.69) is 51.8 Å². The summed E-state index contributed by atoms with van der Waals surface area (Å²) in [5.74, 6) is 1.42. The number of hydrogen-bond donors (Lipinski definition) is 2. The van der Waals surface area contributed by atoms with Gasteiger partial charge >= 0.3 is 0 Å². The number of aromatic nitrogens is 2. The Balaban J connectivity index is 1.84. The van der Waals surface area contributed by atoms with Gasteiger partial charge in [-0.05, 0) is 12.5 Å². The van der Waals surface area contributed by atoms with Crippen LogP contribution in [0.2, 0.25) is 0 Å². The van der Waals surface area contributed by atoms with Crippen LogP contribution in [0.25, 0.3) is 11.3 Å². The fraction of sp³-hybridized carbons (Fsp3) is 0.158. The van der Waals surface area contributed by atoms with E-state index in [1.165, 1.54) is 11.1 Å². The molecule has 3 aromatic rings. The Kier molecular flexibility index (Phi) is 4.52. The zero-order valence-corrected chi connectivity index (χ0v) is 13.4. The van der Waals surface area contributed by atoms with Crippen molar-refractivity contribution < 1.29 is 0 Å². The topological polar surface area (TPSA) is 49.8 Å².